The van der Waals surface area contributed by atoms with Gasteiger partial charge in [0.15, 0.2) is 23.1 Å². The Kier molecular flexibility index (Phi) is 13.4. The first-order chi connectivity index (χ1) is 40.9. The van der Waals surface area contributed by atoms with Gasteiger partial charge in [0.05, 0.1) is 20.9 Å². The van der Waals surface area contributed by atoms with Crippen molar-refractivity contribution in [2.24, 2.45) is 0 Å². The Hall–Kier alpha value is -10.6. The first-order valence-corrected chi connectivity index (χ1v) is 27.8. The number of nitrogens with zero attached hydrogens (tertiary/aromatic N) is 2. The second-order valence-corrected chi connectivity index (χ2v) is 21.7. The highest BCUT2D eigenvalue weighted by atomic mass is 32.1. The van der Waals surface area contributed by atoms with Crippen LogP contribution in [-0.2, 0) is 75.8 Å². The molecular formula is C66H40N2O14S2. The van der Waals surface area contributed by atoms with Crippen molar-refractivity contribution in [2.45, 2.75) is 37.6 Å². The number of fused-ring (bicyclic) bond motifs is 8. The average Bonchev–Trinajstić information content (AvgIpc) is 1.48. The molecule has 0 saturated carbocycles. The predicted molar refractivity (Wildman–Crippen MR) is 304 cm³/mol. The van der Waals surface area contributed by atoms with E-state index in [0.29, 0.717) is 22.3 Å². The van der Waals surface area contributed by atoms with Crippen LogP contribution in [0.3, 0.4) is 0 Å². The molecule has 16 nitrogen and oxygen atoms in total. The second-order valence-electron chi connectivity index (χ2n) is 19.6. The van der Waals surface area contributed by atoms with Crippen molar-refractivity contribution < 1.29 is 66.8 Å². The summed E-state index contributed by atoms with van der Waals surface area (Å²) in [5, 5.41) is -0.0285. The lowest BCUT2D eigenvalue weighted by atomic mass is 9.88. The monoisotopic (exact) mass is 1150 g/mol. The van der Waals surface area contributed by atoms with E-state index in [0.717, 1.165) is 22.7 Å². The minimum atomic E-state index is -2.86. The van der Waals surface area contributed by atoms with Crippen LogP contribution in [0.5, 0.6) is 11.5 Å². The Labute approximate surface area is 485 Å². The van der Waals surface area contributed by atoms with Crippen LogP contribution in [0.4, 0.5) is 0 Å². The SMILES string of the molecule is O=C1C(=Cc2nc3c(s2)-c2cc4c(cc2OC3(C(=O)OCc2ccccc2)C(=O)OCc2ccccc2)-c2sc(C=C3C(=O)c5ccccc5C3=O)nc2C(C(=O)OCc2ccccc2)(C(=O)OCc2ccccc2)O4)C(=O)c2ccccc21. The number of carbonyl (C=O) groups is 8. The van der Waals surface area contributed by atoms with Gasteiger partial charge in [-0.25, -0.2) is 29.1 Å². The van der Waals surface area contributed by atoms with Crippen LogP contribution in [0.25, 0.3) is 33.0 Å². The van der Waals surface area contributed by atoms with Gasteiger partial charge >= 0.3 is 35.1 Å². The molecule has 9 aromatic rings. The van der Waals surface area contributed by atoms with Crippen molar-refractivity contribution in [3.05, 3.63) is 259 Å². The van der Waals surface area contributed by atoms with Crippen molar-refractivity contribution >= 4 is 81.8 Å². The van der Waals surface area contributed by atoms with Gasteiger partial charge < -0.3 is 28.4 Å². The van der Waals surface area contributed by atoms with Gasteiger partial charge in [-0.2, -0.15) is 0 Å². The molecule has 84 heavy (non-hydrogen) atoms. The number of hydrogen-bond acceptors (Lipinski definition) is 18. The van der Waals surface area contributed by atoms with E-state index >= 15 is 19.2 Å². The van der Waals surface area contributed by atoms with Gasteiger partial charge in [0.2, 0.25) is 0 Å². The number of esters is 4. The van der Waals surface area contributed by atoms with Crippen LogP contribution < -0.4 is 9.47 Å². The Balaban J connectivity index is 1.01. The minimum Gasteiger partial charge on any atom is -0.458 e. The summed E-state index contributed by atoms with van der Waals surface area (Å²) in [6, 6.07) is 50.3. The van der Waals surface area contributed by atoms with E-state index in [4.69, 9.17) is 38.4 Å². The molecule has 410 valence electrons. The Morgan fingerprint density at radius 3 is 0.917 bits per heavy atom. The van der Waals surface area contributed by atoms with E-state index in [2.05, 4.69) is 0 Å². The van der Waals surface area contributed by atoms with E-state index in [9.17, 15) is 19.2 Å². The van der Waals surface area contributed by atoms with Gasteiger partial charge in [-0.3, -0.25) is 19.2 Å². The molecule has 2 aromatic heterocycles. The Morgan fingerprint density at radius 2 is 0.643 bits per heavy atom. The molecule has 0 bridgehead atoms. The second kappa shape index (κ2) is 21.4. The first-order valence-electron chi connectivity index (χ1n) is 26.2. The average molecular weight is 1150 g/mol. The number of rotatable bonds is 14. The maximum atomic E-state index is 15.3. The molecule has 0 unspecified atom stereocenters. The van der Waals surface area contributed by atoms with Gasteiger partial charge in [0, 0.05) is 33.4 Å². The van der Waals surface area contributed by atoms with Crippen molar-refractivity contribution in [2.75, 3.05) is 0 Å². The summed E-state index contributed by atoms with van der Waals surface area (Å²) in [6.07, 6.45) is 2.54. The summed E-state index contributed by atoms with van der Waals surface area (Å²) in [5.74, 6) is -7.58. The van der Waals surface area contributed by atoms with Gasteiger partial charge in [0.25, 0.3) is 0 Å². The third-order valence-corrected chi connectivity index (χ3v) is 16.5. The lowest BCUT2D eigenvalue weighted by Gasteiger charge is -2.36. The Bertz CT molecular complexity index is 3860. The maximum absolute atomic E-state index is 15.3. The number of benzene rings is 7. The maximum Gasteiger partial charge on any atom is 0.369 e. The topological polar surface area (TPSA) is 218 Å². The van der Waals surface area contributed by atoms with E-state index in [1.54, 1.807) is 146 Å². The van der Waals surface area contributed by atoms with E-state index in [1.807, 2.05) is 0 Å². The third kappa shape index (κ3) is 9.09. The summed E-state index contributed by atoms with van der Waals surface area (Å²) in [5.41, 5.74) is -3.72. The number of hydrogen-bond donors (Lipinski definition) is 0. The summed E-state index contributed by atoms with van der Waals surface area (Å²) in [4.78, 5) is 126. The van der Waals surface area contributed by atoms with Gasteiger partial charge in [-0.1, -0.05) is 170 Å². The zero-order chi connectivity index (χ0) is 57.7. The largest absolute Gasteiger partial charge is 0.458 e. The van der Waals surface area contributed by atoms with Crippen molar-refractivity contribution in [1.82, 2.24) is 9.97 Å². The summed E-state index contributed by atoms with van der Waals surface area (Å²) >= 11 is 1.77. The quantitative estimate of drug-likeness (QED) is 0.0325. The fourth-order valence-corrected chi connectivity index (χ4v) is 12.4. The molecule has 4 aliphatic rings. The summed E-state index contributed by atoms with van der Waals surface area (Å²) < 4.78 is 37.5. The molecule has 0 atom stereocenters. The van der Waals surface area contributed by atoms with E-state index in [1.165, 1.54) is 48.6 Å². The van der Waals surface area contributed by atoms with Crippen molar-refractivity contribution in [3.8, 4) is 32.4 Å². The molecule has 18 heteroatoms. The minimum absolute atomic E-state index is 0.0143. The normalized spacial score (nSPS) is 14.5. The van der Waals surface area contributed by atoms with E-state index < -0.39 is 58.2 Å². The molecule has 7 aromatic carbocycles. The van der Waals surface area contributed by atoms with Crippen LogP contribution >= 0.6 is 22.7 Å². The standard InChI is InChI=1S/C66H40N2O14S2/c69-53-41-25-13-14-26-42(41)54(70)47(53)31-51-67-59-57(83-51)45-30-50-46(29-49(45)81-65(59,61(73)77-33-37-17-5-1-6-18-37)62(74)78-34-38-19-7-2-8-20-38)58-60(68-52(84-58)32-48-55(71)43-27-15-16-28-44(43)56(48)72)66(82-50,63(75)79-35-39-21-9-3-10-22-39)64(76)80-36-40-23-11-4-12-24-40/h1-32H,33-36H2. The molecule has 4 heterocycles. The fourth-order valence-electron chi connectivity index (χ4n) is 10.2. The predicted octanol–water partition coefficient (Wildman–Crippen LogP) is 11.0. The molecular weight excluding hydrogens is 1110 g/mol. The van der Waals surface area contributed by atoms with Crippen LogP contribution in [0.15, 0.2) is 193 Å². The molecule has 0 radical (unpaired) electrons. The number of aromatic nitrogens is 2. The smallest absolute Gasteiger partial charge is 0.369 e. The summed E-state index contributed by atoms with van der Waals surface area (Å²) in [6.45, 7) is -1.33. The highest BCUT2D eigenvalue weighted by molar-refractivity contribution is 7.16. The molecule has 0 spiro atoms. The zero-order valence-electron chi connectivity index (χ0n) is 43.7. The zero-order valence-corrected chi connectivity index (χ0v) is 45.4. The molecule has 2 aliphatic heterocycles. The van der Waals surface area contributed by atoms with Gasteiger partial charge in [0.1, 0.15) is 59.3 Å². The van der Waals surface area contributed by atoms with Crippen LogP contribution in [-0.4, -0.2) is 57.0 Å². The summed E-state index contributed by atoms with van der Waals surface area (Å²) in [7, 11) is 0. The lowest BCUT2D eigenvalue weighted by Crippen LogP contribution is -2.53. The number of ether oxygens (including phenoxy) is 6. The number of ketones is 4. The van der Waals surface area contributed by atoms with Gasteiger partial charge in [-0.05, 0) is 46.5 Å². The number of carbonyl (C=O) groups excluding carboxylic acids is 8. The molecule has 0 fully saturated rings. The van der Waals surface area contributed by atoms with Crippen molar-refractivity contribution in [3.63, 3.8) is 0 Å². The van der Waals surface area contributed by atoms with Crippen molar-refractivity contribution in [1.29, 1.82) is 0 Å². The molecule has 0 saturated heterocycles. The molecule has 13 rings (SSSR count). The Morgan fingerprint density at radius 1 is 0.381 bits per heavy atom. The van der Waals surface area contributed by atoms with E-state index in [-0.39, 0.29) is 114 Å². The first kappa shape index (κ1) is 52.8. The number of allylic oxidation sites excluding steroid dienone is 2. The molecule has 2 aliphatic carbocycles. The van der Waals surface area contributed by atoms with Crippen LogP contribution in [0.2, 0.25) is 0 Å². The molecule has 0 N–H and O–H groups in total. The lowest BCUT2D eigenvalue weighted by molar-refractivity contribution is -0.185. The van der Waals surface area contributed by atoms with Gasteiger partial charge in [-0.15, -0.1) is 22.7 Å². The highest BCUT2D eigenvalue weighted by Crippen LogP contribution is 2.57. The number of Topliss-reactive ketones (excluding diaryl/α,β-unsaturated/α-hetero) is 4. The fraction of sp³-hybridized carbons (Fsp3) is 0.0909. The third-order valence-electron chi connectivity index (χ3n) is 14.4. The van der Waals surface area contributed by atoms with Crippen LogP contribution in [0, 0.1) is 0 Å². The van der Waals surface area contributed by atoms with Crippen LogP contribution in [0.1, 0.15) is 85.1 Å². The molecule has 0 amide bonds. The number of thiazole rings is 2. The highest BCUT2D eigenvalue weighted by Gasteiger charge is 2.62.